The van der Waals surface area contributed by atoms with Crippen LogP contribution in [-0.4, -0.2) is 6.61 Å². The van der Waals surface area contributed by atoms with Gasteiger partial charge >= 0.3 is 0 Å². The molecule has 21 heavy (non-hydrogen) atoms. The van der Waals surface area contributed by atoms with Gasteiger partial charge in [-0.2, -0.15) is 0 Å². The van der Waals surface area contributed by atoms with Crippen molar-refractivity contribution in [3.8, 4) is 16.2 Å². The zero-order valence-corrected chi connectivity index (χ0v) is 15.7. The summed E-state index contributed by atoms with van der Waals surface area (Å²) in [5, 5.41) is 0. The molecular weight excluding hydrogens is 316 g/mol. The van der Waals surface area contributed by atoms with Gasteiger partial charge in [0.15, 0.2) is 0 Å². The highest BCUT2D eigenvalue weighted by Gasteiger charge is 2.18. The molecule has 1 nitrogen and oxygen atoms in total. The summed E-state index contributed by atoms with van der Waals surface area (Å²) in [7, 11) is 3.43. The van der Waals surface area contributed by atoms with Gasteiger partial charge in [-0.15, -0.1) is 0 Å². The molecule has 4 heteroatoms. The van der Waals surface area contributed by atoms with E-state index in [0.29, 0.717) is 18.4 Å². The average molecular weight is 339 g/mol. The van der Waals surface area contributed by atoms with E-state index in [-0.39, 0.29) is 0 Å². The van der Waals surface area contributed by atoms with Crippen LogP contribution in [0, 0.1) is 3.82 Å². The van der Waals surface area contributed by atoms with Crippen LogP contribution in [0.15, 0.2) is 18.2 Å². The number of hydrogen-bond acceptors (Lipinski definition) is 4. The van der Waals surface area contributed by atoms with E-state index in [2.05, 4.69) is 45.9 Å². The Labute approximate surface area is 140 Å². The summed E-state index contributed by atoms with van der Waals surface area (Å²) in [5.74, 6) is 1.95. The van der Waals surface area contributed by atoms with Crippen molar-refractivity contribution in [3.63, 3.8) is 0 Å². The monoisotopic (exact) mass is 338 g/mol. The molecule has 1 aromatic heterocycles. The molecule has 0 saturated heterocycles. The van der Waals surface area contributed by atoms with Gasteiger partial charge in [-0.1, -0.05) is 60.6 Å². The average Bonchev–Trinajstić information content (AvgIpc) is 2.85. The van der Waals surface area contributed by atoms with Crippen LogP contribution < -0.4 is 4.74 Å². The lowest BCUT2D eigenvalue weighted by atomic mass is 9.91. The third kappa shape index (κ3) is 3.74. The van der Waals surface area contributed by atoms with Gasteiger partial charge in [0.05, 0.1) is 6.61 Å². The van der Waals surface area contributed by atoms with Crippen LogP contribution in [0.3, 0.4) is 0 Å². The Morgan fingerprint density at radius 1 is 1.00 bits per heavy atom. The summed E-state index contributed by atoms with van der Waals surface area (Å²) in [5.41, 5.74) is 3.85. The van der Waals surface area contributed by atoms with Crippen molar-refractivity contribution in [2.45, 2.75) is 46.5 Å². The Bertz CT molecular complexity index is 636. The predicted molar refractivity (Wildman–Crippen MR) is 97.8 cm³/mol. The van der Waals surface area contributed by atoms with Crippen molar-refractivity contribution in [2.75, 3.05) is 6.61 Å². The van der Waals surface area contributed by atoms with Gasteiger partial charge in [0.25, 0.3) is 0 Å². The van der Waals surface area contributed by atoms with E-state index in [0.717, 1.165) is 9.57 Å². The first-order valence-electron chi connectivity index (χ1n) is 7.35. The molecule has 0 atom stereocenters. The molecule has 0 unspecified atom stereocenters. The van der Waals surface area contributed by atoms with Crippen molar-refractivity contribution in [2.24, 2.45) is 0 Å². The molecule has 0 saturated carbocycles. The Morgan fingerprint density at radius 2 is 1.57 bits per heavy atom. The summed E-state index contributed by atoms with van der Waals surface area (Å²) >= 11 is 5.27. The standard InChI is InChI=1S/C17H22OS3/c1-6-18-17-13(10(2)3)7-12(8-14(17)11(4)5)15-9-16(19)21-20-15/h7-11H,6H2,1-5H3. The maximum atomic E-state index is 5.97. The Kier molecular flexibility index (Phi) is 5.58. The molecule has 1 heterocycles. The van der Waals surface area contributed by atoms with Gasteiger partial charge in [-0.3, -0.25) is 0 Å². The molecule has 0 spiro atoms. The van der Waals surface area contributed by atoms with Crippen molar-refractivity contribution >= 4 is 32.9 Å². The van der Waals surface area contributed by atoms with Gasteiger partial charge < -0.3 is 4.74 Å². The molecule has 2 rings (SSSR count). The lowest BCUT2D eigenvalue weighted by Crippen LogP contribution is -2.04. The van der Waals surface area contributed by atoms with Crippen LogP contribution >= 0.6 is 32.9 Å². The first kappa shape index (κ1) is 16.7. The first-order valence-corrected chi connectivity index (χ1v) is 9.91. The molecule has 1 aromatic carbocycles. The molecular formula is C17H22OS3. The molecule has 0 aliphatic rings. The smallest absolute Gasteiger partial charge is 0.126 e. The summed E-state index contributed by atoms with van der Waals surface area (Å²) in [6, 6.07) is 6.65. The predicted octanol–water partition coefficient (Wildman–Crippen LogP) is 6.85. The van der Waals surface area contributed by atoms with Crippen molar-refractivity contribution < 1.29 is 4.74 Å². The molecule has 0 fully saturated rings. The molecule has 0 radical (unpaired) electrons. The lowest BCUT2D eigenvalue weighted by molar-refractivity contribution is 0.330. The fourth-order valence-corrected chi connectivity index (χ4v) is 4.74. The van der Waals surface area contributed by atoms with E-state index in [1.807, 2.05) is 6.92 Å². The van der Waals surface area contributed by atoms with Crippen LogP contribution in [0.4, 0.5) is 0 Å². The van der Waals surface area contributed by atoms with Crippen LogP contribution in [-0.2, 0) is 0 Å². The van der Waals surface area contributed by atoms with E-state index in [1.54, 1.807) is 20.7 Å². The fourth-order valence-electron chi connectivity index (χ4n) is 2.36. The topological polar surface area (TPSA) is 9.23 Å². The first-order chi connectivity index (χ1) is 9.93. The molecule has 0 bridgehead atoms. The van der Waals surface area contributed by atoms with Crippen molar-refractivity contribution in [1.29, 1.82) is 0 Å². The largest absolute Gasteiger partial charge is 0.493 e. The molecule has 0 aliphatic heterocycles. The SMILES string of the molecule is CCOc1c(C(C)C)cc(-c2cc(=S)ss2)cc1C(C)C. The zero-order valence-electron chi connectivity index (χ0n) is 13.2. The Hall–Kier alpha value is -0.710. The summed E-state index contributed by atoms with van der Waals surface area (Å²) < 4.78 is 6.93. The second-order valence-electron chi connectivity index (χ2n) is 5.72. The minimum atomic E-state index is 0.440. The van der Waals surface area contributed by atoms with Crippen molar-refractivity contribution in [1.82, 2.24) is 0 Å². The Morgan fingerprint density at radius 3 is 1.95 bits per heavy atom. The normalized spacial score (nSPS) is 11.4. The summed E-state index contributed by atoms with van der Waals surface area (Å²) in [4.78, 5) is 1.26. The third-order valence-electron chi connectivity index (χ3n) is 3.43. The van der Waals surface area contributed by atoms with Crippen molar-refractivity contribution in [3.05, 3.63) is 33.1 Å². The highest BCUT2D eigenvalue weighted by molar-refractivity contribution is 7.80. The van der Waals surface area contributed by atoms with E-state index in [9.17, 15) is 0 Å². The van der Waals surface area contributed by atoms with Crippen LogP contribution in [0.2, 0.25) is 0 Å². The third-order valence-corrected chi connectivity index (χ3v) is 6.34. The molecule has 114 valence electrons. The molecule has 0 N–H and O–H groups in total. The van der Waals surface area contributed by atoms with Crippen LogP contribution in [0.5, 0.6) is 5.75 Å². The number of ether oxygens (including phenoxy) is 1. The van der Waals surface area contributed by atoms with E-state index < -0.39 is 0 Å². The molecule has 2 aromatic rings. The zero-order chi connectivity index (χ0) is 15.6. The van der Waals surface area contributed by atoms with Gasteiger partial charge in [-0.25, -0.2) is 0 Å². The molecule has 0 aliphatic carbocycles. The van der Waals surface area contributed by atoms with E-state index in [1.165, 1.54) is 21.6 Å². The summed E-state index contributed by atoms with van der Waals surface area (Å²) in [6.45, 7) is 11.6. The van der Waals surface area contributed by atoms with E-state index >= 15 is 0 Å². The minimum Gasteiger partial charge on any atom is -0.493 e. The quantitative estimate of drug-likeness (QED) is 0.435. The second-order valence-corrected chi connectivity index (χ2v) is 8.63. The van der Waals surface area contributed by atoms with Gasteiger partial charge in [-0.05, 0) is 53.6 Å². The maximum absolute atomic E-state index is 5.97. The minimum absolute atomic E-state index is 0.440. The van der Waals surface area contributed by atoms with Gasteiger partial charge in [0.1, 0.15) is 9.57 Å². The van der Waals surface area contributed by atoms with Crippen LogP contribution in [0.1, 0.15) is 57.6 Å². The van der Waals surface area contributed by atoms with Crippen LogP contribution in [0.25, 0.3) is 10.4 Å². The fraction of sp³-hybridized carbons (Fsp3) is 0.471. The van der Waals surface area contributed by atoms with Gasteiger partial charge in [0, 0.05) is 4.88 Å². The highest BCUT2D eigenvalue weighted by Crippen LogP contribution is 2.40. The second kappa shape index (κ2) is 7.03. The van der Waals surface area contributed by atoms with Gasteiger partial charge in [0.2, 0.25) is 0 Å². The lowest BCUT2D eigenvalue weighted by Gasteiger charge is -2.21. The number of rotatable bonds is 5. The maximum Gasteiger partial charge on any atom is 0.126 e. The summed E-state index contributed by atoms with van der Waals surface area (Å²) in [6.07, 6.45) is 0. The number of benzene rings is 1. The molecule has 0 amide bonds. The highest BCUT2D eigenvalue weighted by atomic mass is 32.9. The van der Waals surface area contributed by atoms with E-state index in [4.69, 9.17) is 17.0 Å². The number of hydrogen-bond donors (Lipinski definition) is 0. The Balaban J connectivity index is 2.66.